The van der Waals surface area contributed by atoms with Crippen molar-refractivity contribution < 1.29 is 14.7 Å². The van der Waals surface area contributed by atoms with Crippen molar-refractivity contribution in [3.8, 4) is 0 Å². The molecular weight excluding hydrogens is 412 g/mol. The summed E-state index contributed by atoms with van der Waals surface area (Å²) in [7, 11) is 0. The maximum atomic E-state index is 13.0. The molecule has 0 bridgehead atoms. The lowest BCUT2D eigenvalue weighted by Gasteiger charge is -2.31. The highest BCUT2D eigenvalue weighted by Gasteiger charge is 2.23. The van der Waals surface area contributed by atoms with Gasteiger partial charge in [0.05, 0.1) is 23.7 Å². The van der Waals surface area contributed by atoms with Crippen molar-refractivity contribution >= 4 is 23.3 Å². The summed E-state index contributed by atoms with van der Waals surface area (Å²) in [5, 5.41) is 12.6. The number of carbonyl (C=O) groups excluding carboxylic acids is 1. The van der Waals surface area contributed by atoms with Crippen LogP contribution in [0.15, 0.2) is 42.5 Å². The number of carboxylic acids is 1. The summed E-state index contributed by atoms with van der Waals surface area (Å²) in [6.07, 6.45) is 0.291. The van der Waals surface area contributed by atoms with Crippen molar-refractivity contribution in [1.82, 2.24) is 0 Å². The van der Waals surface area contributed by atoms with Crippen LogP contribution in [-0.4, -0.2) is 30.1 Å². The first kappa shape index (κ1) is 26.4. The van der Waals surface area contributed by atoms with Gasteiger partial charge in [-0.2, -0.15) is 0 Å². The van der Waals surface area contributed by atoms with Crippen LogP contribution < -0.4 is 10.2 Å². The quantitative estimate of drug-likeness (QED) is 0.431. The molecule has 2 aromatic rings. The summed E-state index contributed by atoms with van der Waals surface area (Å²) >= 11 is 0. The van der Waals surface area contributed by atoms with E-state index >= 15 is 0 Å². The van der Waals surface area contributed by atoms with Crippen LogP contribution in [0.2, 0.25) is 0 Å². The fourth-order valence-corrected chi connectivity index (χ4v) is 3.95. The molecule has 2 rings (SSSR count). The number of carbonyl (C=O) groups is 2. The highest BCUT2D eigenvalue weighted by atomic mass is 16.4. The number of amides is 1. The van der Waals surface area contributed by atoms with Crippen LogP contribution in [0.25, 0.3) is 0 Å². The first-order valence-corrected chi connectivity index (χ1v) is 11.9. The van der Waals surface area contributed by atoms with Crippen LogP contribution in [0.1, 0.15) is 64.2 Å². The molecule has 0 heterocycles. The minimum Gasteiger partial charge on any atom is -0.481 e. The molecule has 0 aromatic heterocycles. The topological polar surface area (TPSA) is 69.6 Å². The Morgan fingerprint density at radius 1 is 0.909 bits per heavy atom. The predicted octanol–water partition coefficient (Wildman–Crippen LogP) is 6.12. The standard InChI is InChI=1S/C28H40N2O3/c1-18(2)16-30(17-19(3)4)26-13-12-24(21(6)22(7)28(32)33)15-25(26)29-27(31)14-23-10-8-20(5)9-11-23/h8-13,15,18-19,21-22H,14,16-17H2,1-7H3,(H,29,31)(H,32,33). The molecule has 1 amide bonds. The predicted molar refractivity (Wildman–Crippen MR) is 137 cm³/mol. The maximum absolute atomic E-state index is 13.0. The zero-order valence-corrected chi connectivity index (χ0v) is 21.2. The van der Waals surface area contributed by atoms with Crippen LogP contribution in [-0.2, 0) is 16.0 Å². The summed E-state index contributed by atoms with van der Waals surface area (Å²) in [4.78, 5) is 26.9. The minimum absolute atomic E-state index is 0.0785. The smallest absolute Gasteiger partial charge is 0.306 e. The van der Waals surface area contributed by atoms with Gasteiger partial charge in [-0.3, -0.25) is 9.59 Å². The number of rotatable bonds is 11. The fraction of sp³-hybridized carbons (Fsp3) is 0.500. The molecule has 33 heavy (non-hydrogen) atoms. The van der Waals surface area contributed by atoms with E-state index in [0.29, 0.717) is 18.3 Å². The van der Waals surface area contributed by atoms with E-state index in [2.05, 4.69) is 37.9 Å². The molecule has 0 aliphatic carbocycles. The zero-order valence-electron chi connectivity index (χ0n) is 21.2. The minimum atomic E-state index is -0.822. The highest BCUT2D eigenvalue weighted by Crippen LogP contribution is 2.34. The third-order valence-electron chi connectivity index (χ3n) is 5.96. The second-order valence-electron chi connectivity index (χ2n) is 10.1. The van der Waals surface area contributed by atoms with Gasteiger partial charge < -0.3 is 15.3 Å². The second kappa shape index (κ2) is 11.9. The number of hydrogen-bond donors (Lipinski definition) is 2. The number of hydrogen-bond acceptors (Lipinski definition) is 3. The zero-order chi connectivity index (χ0) is 24.7. The summed E-state index contributed by atoms with van der Waals surface area (Å²) in [5.41, 5.74) is 4.76. The van der Waals surface area contributed by atoms with Gasteiger partial charge in [-0.25, -0.2) is 0 Å². The molecule has 5 nitrogen and oxygen atoms in total. The first-order valence-electron chi connectivity index (χ1n) is 11.9. The summed E-state index contributed by atoms with van der Waals surface area (Å²) < 4.78 is 0. The Balaban J connectivity index is 2.41. The van der Waals surface area contributed by atoms with Gasteiger partial charge in [0.2, 0.25) is 5.91 Å². The van der Waals surface area contributed by atoms with Gasteiger partial charge in [-0.15, -0.1) is 0 Å². The Hall–Kier alpha value is -2.82. The van der Waals surface area contributed by atoms with Crippen LogP contribution >= 0.6 is 0 Å². The molecule has 180 valence electrons. The fourth-order valence-electron chi connectivity index (χ4n) is 3.95. The molecule has 2 aromatic carbocycles. The molecule has 0 radical (unpaired) electrons. The molecule has 2 N–H and O–H groups in total. The van der Waals surface area contributed by atoms with E-state index in [1.807, 2.05) is 56.3 Å². The lowest BCUT2D eigenvalue weighted by Crippen LogP contribution is -2.32. The number of benzene rings is 2. The number of aliphatic carboxylic acids is 1. The normalized spacial score (nSPS) is 13.1. The Kier molecular flexibility index (Phi) is 9.51. The Morgan fingerprint density at radius 2 is 1.48 bits per heavy atom. The Labute approximate surface area is 199 Å². The molecule has 0 aliphatic rings. The molecule has 0 aliphatic heterocycles. The van der Waals surface area contributed by atoms with Crippen molar-refractivity contribution in [2.24, 2.45) is 17.8 Å². The van der Waals surface area contributed by atoms with Gasteiger partial charge in [0.15, 0.2) is 0 Å². The van der Waals surface area contributed by atoms with Crippen molar-refractivity contribution in [2.75, 3.05) is 23.3 Å². The van der Waals surface area contributed by atoms with Gasteiger partial charge in [0, 0.05) is 13.1 Å². The number of aryl methyl sites for hydroxylation is 1. The average molecular weight is 453 g/mol. The van der Waals surface area contributed by atoms with Gasteiger partial charge in [0.25, 0.3) is 0 Å². The second-order valence-corrected chi connectivity index (χ2v) is 10.1. The van der Waals surface area contributed by atoms with Gasteiger partial charge >= 0.3 is 5.97 Å². The van der Waals surface area contributed by atoms with Crippen LogP contribution in [0.5, 0.6) is 0 Å². The van der Waals surface area contributed by atoms with Crippen molar-refractivity contribution in [3.05, 3.63) is 59.2 Å². The van der Waals surface area contributed by atoms with Crippen molar-refractivity contribution in [3.63, 3.8) is 0 Å². The van der Waals surface area contributed by atoms with E-state index in [0.717, 1.165) is 41.2 Å². The molecule has 2 atom stereocenters. The molecular formula is C28H40N2O3. The molecule has 0 fully saturated rings. The molecule has 0 spiro atoms. The molecule has 0 saturated carbocycles. The summed E-state index contributed by atoms with van der Waals surface area (Å²) in [6.45, 7) is 16.2. The number of carboxylic acid groups (broad SMARTS) is 1. The number of anilines is 2. The van der Waals surface area contributed by atoms with Crippen LogP contribution in [0, 0.1) is 24.7 Å². The van der Waals surface area contributed by atoms with Gasteiger partial charge in [-0.1, -0.05) is 77.4 Å². The third kappa shape index (κ3) is 7.92. The molecule has 0 saturated heterocycles. The van der Waals surface area contributed by atoms with Crippen LogP contribution in [0.4, 0.5) is 11.4 Å². The largest absolute Gasteiger partial charge is 0.481 e. The molecule has 2 unspecified atom stereocenters. The lowest BCUT2D eigenvalue weighted by atomic mass is 9.88. The average Bonchev–Trinajstić information content (AvgIpc) is 2.73. The third-order valence-corrected chi connectivity index (χ3v) is 5.96. The number of nitrogens with zero attached hydrogens (tertiary/aromatic N) is 1. The summed E-state index contributed by atoms with van der Waals surface area (Å²) in [6, 6.07) is 14.0. The van der Waals surface area contributed by atoms with Crippen molar-refractivity contribution in [2.45, 2.75) is 60.8 Å². The monoisotopic (exact) mass is 452 g/mol. The van der Waals surface area contributed by atoms with E-state index in [1.54, 1.807) is 6.92 Å². The van der Waals surface area contributed by atoms with E-state index in [-0.39, 0.29) is 11.8 Å². The van der Waals surface area contributed by atoms with Gasteiger partial charge in [-0.05, 0) is 47.9 Å². The summed E-state index contributed by atoms with van der Waals surface area (Å²) in [5.74, 6) is -0.665. The maximum Gasteiger partial charge on any atom is 0.306 e. The van der Waals surface area contributed by atoms with Crippen LogP contribution in [0.3, 0.4) is 0 Å². The SMILES string of the molecule is Cc1ccc(CC(=O)Nc2cc(C(C)C(C)C(=O)O)ccc2N(CC(C)C)CC(C)C)cc1. The van der Waals surface area contributed by atoms with E-state index < -0.39 is 11.9 Å². The van der Waals surface area contributed by atoms with Gasteiger partial charge in [0.1, 0.15) is 0 Å². The highest BCUT2D eigenvalue weighted by molar-refractivity contribution is 5.96. The van der Waals surface area contributed by atoms with Crippen molar-refractivity contribution in [1.29, 1.82) is 0 Å². The Bertz CT molecular complexity index is 925. The van der Waals surface area contributed by atoms with E-state index in [4.69, 9.17) is 0 Å². The van der Waals surface area contributed by atoms with E-state index in [1.165, 1.54) is 0 Å². The van der Waals surface area contributed by atoms with E-state index in [9.17, 15) is 14.7 Å². The first-order chi connectivity index (χ1) is 15.5. The Morgan fingerprint density at radius 3 is 2.00 bits per heavy atom. The lowest BCUT2D eigenvalue weighted by molar-refractivity contribution is -0.141. The number of nitrogens with one attached hydrogen (secondary N) is 1. The molecule has 5 heteroatoms.